The van der Waals surface area contributed by atoms with Crippen molar-refractivity contribution in [2.24, 2.45) is 0 Å². The highest BCUT2D eigenvalue weighted by Crippen LogP contribution is 2.22. The summed E-state index contributed by atoms with van der Waals surface area (Å²) in [6.45, 7) is 3.63. The van der Waals surface area contributed by atoms with Gasteiger partial charge in [0.1, 0.15) is 12.0 Å². The van der Waals surface area contributed by atoms with Crippen LogP contribution in [-0.2, 0) is 6.54 Å². The van der Waals surface area contributed by atoms with Gasteiger partial charge in [0.2, 0.25) is 0 Å². The summed E-state index contributed by atoms with van der Waals surface area (Å²) in [5.41, 5.74) is 7.69. The van der Waals surface area contributed by atoms with E-state index in [0.717, 1.165) is 24.9 Å². The first kappa shape index (κ1) is 14.0. The zero-order chi connectivity index (χ0) is 14.2. The van der Waals surface area contributed by atoms with E-state index >= 15 is 0 Å². The Labute approximate surface area is 118 Å². The molecule has 2 rings (SSSR count). The van der Waals surface area contributed by atoms with Gasteiger partial charge in [-0.1, -0.05) is 19.4 Å². The maximum Gasteiger partial charge on any atom is 0.155 e. The molecule has 2 heterocycles. The Morgan fingerprint density at radius 2 is 2.00 bits per heavy atom. The molecule has 2 aromatic heterocycles. The fourth-order valence-corrected chi connectivity index (χ4v) is 1.75. The zero-order valence-electron chi connectivity index (χ0n) is 11.6. The molecule has 0 atom stereocenters. The van der Waals surface area contributed by atoms with E-state index in [4.69, 9.17) is 5.73 Å². The molecule has 0 aliphatic heterocycles. The lowest BCUT2D eigenvalue weighted by atomic mass is 10.3. The minimum atomic E-state index is 0.549. The Morgan fingerprint density at radius 3 is 2.70 bits per heavy atom. The summed E-state index contributed by atoms with van der Waals surface area (Å²) in [5, 5.41) is 6.43. The molecule has 0 spiro atoms. The number of nitrogens with zero attached hydrogens (tertiary/aromatic N) is 3. The van der Waals surface area contributed by atoms with Gasteiger partial charge >= 0.3 is 0 Å². The highest BCUT2D eigenvalue weighted by molar-refractivity contribution is 5.73. The number of hydrogen-bond donors (Lipinski definition) is 3. The smallest absolute Gasteiger partial charge is 0.155 e. The molecule has 106 valence electrons. The topological polar surface area (TPSA) is 88.8 Å². The number of nitrogens with two attached hydrogens (primary N) is 1. The van der Waals surface area contributed by atoms with Crippen molar-refractivity contribution in [2.75, 3.05) is 22.9 Å². The molecule has 0 amide bonds. The van der Waals surface area contributed by atoms with Gasteiger partial charge in [-0.2, -0.15) is 0 Å². The standard InChI is InChI=1S/C14H20N6/c1-2-3-7-17-13-12(15)14(20-10-19-13)18-9-11-5-4-6-16-8-11/h4-6,8,10H,2-3,7,9,15H2,1H3,(H2,17,18,19,20). The molecule has 0 aliphatic rings. The van der Waals surface area contributed by atoms with E-state index in [0.29, 0.717) is 23.9 Å². The molecule has 2 aromatic rings. The van der Waals surface area contributed by atoms with Gasteiger partial charge < -0.3 is 16.4 Å². The highest BCUT2D eigenvalue weighted by atomic mass is 15.1. The van der Waals surface area contributed by atoms with E-state index < -0.39 is 0 Å². The summed E-state index contributed by atoms with van der Waals surface area (Å²) >= 11 is 0. The van der Waals surface area contributed by atoms with Crippen LogP contribution in [0.2, 0.25) is 0 Å². The molecule has 0 aromatic carbocycles. The number of nitrogens with one attached hydrogen (secondary N) is 2. The first-order valence-electron chi connectivity index (χ1n) is 6.78. The van der Waals surface area contributed by atoms with Crippen molar-refractivity contribution in [2.45, 2.75) is 26.3 Å². The molecule has 6 nitrogen and oxygen atoms in total. The Balaban J connectivity index is 1.99. The number of pyridine rings is 1. The molecule has 0 saturated carbocycles. The Kier molecular flexibility index (Phi) is 5.11. The minimum absolute atomic E-state index is 0.549. The second-order valence-corrected chi connectivity index (χ2v) is 4.48. The number of anilines is 3. The fraction of sp³-hybridized carbons (Fsp3) is 0.357. The minimum Gasteiger partial charge on any atom is -0.393 e. The number of rotatable bonds is 7. The van der Waals surface area contributed by atoms with Crippen LogP contribution in [0.15, 0.2) is 30.9 Å². The molecule has 0 fully saturated rings. The predicted octanol–water partition coefficient (Wildman–Crippen LogP) is 2.28. The summed E-state index contributed by atoms with van der Waals surface area (Å²) in [4.78, 5) is 12.4. The largest absolute Gasteiger partial charge is 0.393 e. The first-order valence-corrected chi connectivity index (χ1v) is 6.78. The Bertz CT molecular complexity index is 528. The van der Waals surface area contributed by atoms with Gasteiger partial charge in [-0.3, -0.25) is 4.98 Å². The van der Waals surface area contributed by atoms with Crippen LogP contribution in [0.1, 0.15) is 25.3 Å². The molecular formula is C14H20N6. The molecular weight excluding hydrogens is 252 g/mol. The lowest BCUT2D eigenvalue weighted by Gasteiger charge is -2.12. The van der Waals surface area contributed by atoms with E-state index in [1.54, 1.807) is 6.20 Å². The van der Waals surface area contributed by atoms with E-state index in [-0.39, 0.29) is 0 Å². The maximum absolute atomic E-state index is 6.06. The Hall–Kier alpha value is -2.37. The second kappa shape index (κ2) is 7.28. The van der Waals surface area contributed by atoms with Crippen molar-refractivity contribution in [3.05, 3.63) is 36.4 Å². The fourth-order valence-electron chi connectivity index (χ4n) is 1.75. The third-order valence-electron chi connectivity index (χ3n) is 2.89. The van der Waals surface area contributed by atoms with Gasteiger partial charge in [0.25, 0.3) is 0 Å². The lowest BCUT2D eigenvalue weighted by molar-refractivity contribution is 0.830. The quantitative estimate of drug-likeness (QED) is 0.670. The molecule has 0 saturated heterocycles. The molecule has 4 N–H and O–H groups in total. The molecule has 0 bridgehead atoms. The number of nitrogen functional groups attached to an aromatic ring is 1. The Morgan fingerprint density at radius 1 is 1.20 bits per heavy atom. The molecule has 6 heteroatoms. The maximum atomic E-state index is 6.06. The van der Waals surface area contributed by atoms with Crippen molar-refractivity contribution < 1.29 is 0 Å². The van der Waals surface area contributed by atoms with Crippen LogP contribution in [-0.4, -0.2) is 21.5 Å². The van der Waals surface area contributed by atoms with E-state index in [2.05, 4.69) is 32.5 Å². The predicted molar refractivity (Wildman–Crippen MR) is 81.4 cm³/mol. The van der Waals surface area contributed by atoms with Gasteiger partial charge in [-0.05, 0) is 18.1 Å². The van der Waals surface area contributed by atoms with Crippen LogP contribution >= 0.6 is 0 Å². The molecule has 20 heavy (non-hydrogen) atoms. The third kappa shape index (κ3) is 3.81. The number of aromatic nitrogens is 3. The summed E-state index contributed by atoms with van der Waals surface area (Å²) < 4.78 is 0. The number of unbranched alkanes of at least 4 members (excludes halogenated alkanes) is 1. The van der Waals surface area contributed by atoms with Gasteiger partial charge in [0.05, 0.1) is 0 Å². The summed E-state index contributed by atoms with van der Waals surface area (Å²) in [5.74, 6) is 1.32. The molecule has 0 aliphatic carbocycles. The summed E-state index contributed by atoms with van der Waals surface area (Å²) in [7, 11) is 0. The van der Waals surface area contributed by atoms with Crippen LogP contribution in [0.4, 0.5) is 17.3 Å². The number of hydrogen-bond acceptors (Lipinski definition) is 6. The van der Waals surface area contributed by atoms with Crippen LogP contribution in [0.3, 0.4) is 0 Å². The third-order valence-corrected chi connectivity index (χ3v) is 2.89. The van der Waals surface area contributed by atoms with Crippen molar-refractivity contribution in [3.63, 3.8) is 0 Å². The van der Waals surface area contributed by atoms with Gasteiger partial charge in [0, 0.05) is 25.5 Å². The van der Waals surface area contributed by atoms with Gasteiger partial charge in [-0.25, -0.2) is 9.97 Å². The summed E-state index contributed by atoms with van der Waals surface area (Å²) in [6.07, 6.45) is 7.28. The SMILES string of the molecule is CCCCNc1ncnc(NCc2cccnc2)c1N. The van der Waals surface area contributed by atoms with Crippen LogP contribution in [0, 0.1) is 0 Å². The zero-order valence-corrected chi connectivity index (χ0v) is 11.6. The van der Waals surface area contributed by atoms with Crippen molar-refractivity contribution in [1.29, 1.82) is 0 Å². The van der Waals surface area contributed by atoms with E-state index in [9.17, 15) is 0 Å². The highest BCUT2D eigenvalue weighted by Gasteiger charge is 2.07. The van der Waals surface area contributed by atoms with Crippen molar-refractivity contribution in [3.8, 4) is 0 Å². The van der Waals surface area contributed by atoms with Crippen LogP contribution in [0.5, 0.6) is 0 Å². The van der Waals surface area contributed by atoms with Crippen molar-refractivity contribution >= 4 is 17.3 Å². The average molecular weight is 272 g/mol. The van der Waals surface area contributed by atoms with E-state index in [1.807, 2.05) is 18.3 Å². The van der Waals surface area contributed by atoms with Gasteiger partial charge in [-0.15, -0.1) is 0 Å². The monoisotopic (exact) mass is 272 g/mol. The van der Waals surface area contributed by atoms with Crippen LogP contribution in [0.25, 0.3) is 0 Å². The van der Waals surface area contributed by atoms with Crippen molar-refractivity contribution in [1.82, 2.24) is 15.0 Å². The van der Waals surface area contributed by atoms with Crippen LogP contribution < -0.4 is 16.4 Å². The van der Waals surface area contributed by atoms with E-state index in [1.165, 1.54) is 6.33 Å². The normalized spacial score (nSPS) is 10.2. The lowest BCUT2D eigenvalue weighted by Crippen LogP contribution is -2.10. The molecule has 0 radical (unpaired) electrons. The second-order valence-electron chi connectivity index (χ2n) is 4.48. The first-order chi connectivity index (χ1) is 9.81. The summed E-state index contributed by atoms with van der Waals surface area (Å²) in [6, 6.07) is 3.90. The van der Waals surface area contributed by atoms with Gasteiger partial charge in [0.15, 0.2) is 11.6 Å². The average Bonchev–Trinajstić information content (AvgIpc) is 2.49. The molecule has 0 unspecified atom stereocenters.